The van der Waals surface area contributed by atoms with Gasteiger partial charge in [-0.25, -0.2) is 0 Å². The highest BCUT2D eigenvalue weighted by Crippen LogP contribution is 2.00. The van der Waals surface area contributed by atoms with E-state index < -0.39 is 0 Å². The van der Waals surface area contributed by atoms with Crippen LogP contribution >= 0.6 is 11.6 Å². The number of halogens is 1. The van der Waals surface area contributed by atoms with Gasteiger partial charge < -0.3 is 18.9 Å². The number of ether oxygens (including phenoxy) is 4. The molecule has 0 aromatic carbocycles. The summed E-state index contributed by atoms with van der Waals surface area (Å²) in [6.45, 7) is 19.5. The van der Waals surface area contributed by atoms with E-state index in [1.165, 1.54) is 0 Å². The average molecular weight is 339 g/mol. The van der Waals surface area contributed by atoms with Crippen molar-refractivity contribution in [2.45, 2.75) is 53.6 Å². The van der Waals surface area contributed by atoms with Crippen LogP contribution in [0.1, 0.15) is 41.0 Å². The lowest BCUT2D eigenvalue weighted by atomic mass is 10.4. The summed E-state index contributed by atoms with van der Waals surface area (Å²) in [5.74, 6) is 0.556. The van der Waals surface area contributed by atoms with Gasteiger partial charge in [0, 0.05) is 38.7 Å². The molecule has 0 heterocycles. The summed E-state index contributed by atoms with van der Waals surface area (Å²) < 4.78 is 20.6. The summed E-state index contributed by atoms with van der Waals surface area (Å²) in [7, 11) is 0. The molecule has 0 spiro atoms. The third kappa shape index (κ3) is 27.9. The van der Waals surface area contributed by atoms with E-state index >= 15 is 0 Å². The Morgan fingerprint density at radius 2 is 1.18 bits per heavy atom. The predicted molar refractivity (Wildman–Crippen MR) is 95.5 cm³/mol. The summed E-state index contributed by atoms with van der Waals surface area (Å²) in [5.41, 5.74) is 0. The maximum atomic E-state index is 5.23. The molecule has 0 aliphatic rings. The van der Waals surface area contributed by atoms with Crippen molar-refractivity contribution in [2.24, 2.45) is 0 Å². The van der Waals surface area contributed by atoms with Crippen LogP contribution in [-0.4, -0.2) is 44.9 Å². The first kappa shape index (κ1) is 26.5. The highest BCUT2D eigenvalue weighted by atomic mass is 35.5. The Hall–Kier alpha value is -0.390. The van der Waals surface area contributed by atoms with Gasteiger partial charge in [0.15, 0.2) is 12.6 Å². The lowest BCUT2D eigenvalue weighted by Gasteiger charge is -2.13. The highest BCUT2D eigenvalue weighted by Gasteiger charge is 2.02. The van der Waals surface area contributed by atoms with Crippen LogP contribution in [0.5, 0.6) is 0 Å². The normalized spacial score (nSPS) is 9.64. The molecule has 0 N–H and O–H groups in total. The van der Waals surface area contributed by atoms with Crippen LogP contribution in [0.25, 0.3) is 0 Å². The van der Waals surface area contributed by atoms with E-state index in [0.717, 1.165) is 19.6 Å². The van der Waals surface area contributed by atoms with Gasteiger partial charge in [0.1, 0.15) is 0 Å². The fourth-order valence-electron chi connectivity index (χ4n) is 1.21. The number of hydrogen-bond acceptors (Lipinski definition) is 4. The molecular weight excluding hydrogens is 304 g/mol. The van der Waals surface area contributed by atoms with Gasteiger partial charge >= 0.3 is 0 Å². The molecule has 0 saturated carbocycles. The number of alkyl halides is 1. The van der Waals surface area contributed by atoms with Crippen LogP contribution in [0.15, 0.2) is 25.3 Å². The predicted octanol–water partition coefficient (Wildman–Crippen LogP) is 4.78. The van der Waals surface area contributed by atoms with Crippen LogP contribution in [0.4, 0.5) is 0 Å². The lowest BCUT2D eigenvalue weighted by molar-refractivity contribution is -0.133. The van der Waals surface area contributed by atoms with Crippen LogP contribution in [-0.2, 0) is 18.9 Å². The molecule has 0 unspecified atom stereocenters. The number of hydrogen-bond donors (Lipinski definition) is 0. The van der Waals surface area contributed by atoms with Gasteiger partial charge in [-0.2, -0.15) is 0 Å². The standard InChI is InChI=1S/C8H16O2.C6H14O2.C3H5Cl/c1-4-7-8(9-5-2)10-6-3;1-4-7-6(3)8-5-2;1-2-3-4/h4,8H,1,5-7H2,2-3H3;6H,4-5H2,1-3H3;2H,1,3H2. The minimum absolute atomic E-state index is 0.0370. The maximum absolute atomic E-state index is 5.23. The summed E-state index contributed by atoms with van der Waals surface area (Å²) in [4.78, 5) is 0. The zero-order valence-electron chi connectivity index (χ0n) is 15.0. The third-order valence-electron chi connectivity index (χ3n) is 1.98. The fraction of sp³-hybridized carbons (Fsp3) is 0.765. The van der Waals surface area contributed by atoms with E-state index in [4.69, 9.17) is 30.5 Å². The highest BCUT2D eigenvalue weighted by molar-refractivity contribution is 6.18. The monoisotopic (exact) mass is 338 g/mol. The van der Waals surface area contributed by atoms with Gasteiger partial charge in [-0.1, -0.05) is 12.2 Å². The summed E-state index contributed by atoms with van der Waals surface area (Å²) in [6, 6.07) is 0. The van der Waals surface area contributed by atoms with E-state index in [1.807, 2.05) is 34.6 Å². The summed E-state index contributed by atoms with van der Waals surface area (Å²) >= 11 is 5.07. The van der Waals surface area contributed by atoms with Crippen LogP contribution < -0.4 is 0 Å². The Labute approximate surface area is 142 Å². The second-order valence-corrected chi connectivity index (χ2v) is 4.09. The minimum atomic E-state index is -0.0903. The van der Waals surface area contributed by atoms with Gasteiger partial charge in [-0.15, -0.1) is 24.8 Å². The van der Waals surface area contributed by atoms with Crippen molar-refractivity contribution in [3.8, 4) is 0 Å². The first-order valence-electron chi connectivity index (χ1n) is 7.81. The molecule has 0 aromatic rings. The molecule has 0 aromatic heterocycles. The Bertz CT molecular complexity index is 201. The first-order chi connectivity index (χ1) is 10.6. The van der Waals surface area contributed by atoms with Crippen LogP contribution in [0.2, 0.25) is 0 Å². The molecule has 0 saturated heterocycles. The van der Waals surface area contributed by atoms with E-state index in [0.29, 0.717) is 19.1 Å². The molecule has 0 radical (unpaired) electrons. The molecule has 22 heavy (non-hydrogen) atoms. The van der Waals surface area contributed by atoms with Crippen molar-refractivity contribution in [3.63, 3.8) is 0 Å². The first-order valence-corrected chi connectivity index (χ1v) is 8.35. The summed E-state index contributed by atoms with van der Waals surface area (Å²) in [6.07, 6.45) is 4.08. The molecule has 134 valence electrons. The van der Waals surface area contributed by atoms with Crippen molar-refractivity contribution in [3.05, 3.63) is 25.3 Å². The molecule has 0 bridgehead atoms. The van der Waals surface area contributed by atoms with Gasteiger partial charge in [0.05, 0.1) is 0 Å². The van der Waals surface area contributed by atoms with Gasteiger partial charge in [0.25, 0.3) is 0 Å². The molecule has 0 atom stereocenters. The van der Waals surface area contributed by atoms with E-state index in [9.17, 15) is 0 Å². The Morgan fingerprint density at radius 1 is 0.818 bits per heavy atom. The van der Waals surface area contributed by atoms with Crippen LogP contribution in [0, 0.1) is 0 Å². The molecule has 0 rings (SSSR count). The van der Waals surface area contributed by atoms with E-state index in [-0.39, 0.29) is 12.6 Å². The third-order valence-corrected chi connectivity index (χ3v) is 2.19. The van der Waals surface area contributed by atoms with Gasteiger partial charge in [-0.05, 0) is 34.6 Å². The lowest BCUT2D eigenvalue weighted by Crippen LogP contribution is -2.15. The van der Waals surface area contributed by atoms with E-state index in [1.54, 1.807) is 12.2 Å². The Kier molecular flexibility index (Phi) is 30.8. The molecular formula is C17H35ClO4. The maximum Gasteiger partial charge on any atom is 0.160 e. The molecule has 4 nitrogen and oxygen atoms in total. The Balaban J connectivity index is -0.000000269. The van der Waals surface area contributed by atoms with Gasteiger partial charge in [-0.3, -0.25) is 0 Å². The zero-order chi connectivity index (χ0) is 17.6. The van der Waals surface area contributed by atoms with Gasteiger partial charge in [0.2, 0.25) is 0 Å². The molecule has 0 aliphatic heterocycles. The summed E-state index contributed by atoms with van der Waals surface area (Å²) in [5, 5.41) is 0. The zero-order valence-corrected chi connectivity index (χ0v) is 15.7. The number of rotatable bonds is 11. The van der Waals surface area contributed by atoms with Crippen molar-refractivity contribution in [1.82, 2.24) is 0 Å². The van der Waals surface area contributed by atoms with Crippen molar-refractivity contribution in [2.75, 3.05) is 32.3 Å². The smallest absolute Gasteiger partial charge is 0.160 e. The fourth-order valence-corrected chi connectivity index (χ4v) is 1.21. The quantitative estimate of drug-likeness (QED) is 0.308. The minimum Gasteiger partial charge on any atom is -0.353 e. The van der Waals surface area contributed by atoms with Crippen molar-refractivity contribution in [1.29, 1.82) is 0 Å². The second-order valence-electron chi connectivity index (χ2n) is 3.79. The van der Waals surface area contributed by atoms with Crippen LogP contribution in [0.3, 0.4) is 0 Å². The molecule has 0 fully saturated rings. The number of allylic oxidation sites excluding steroid dienone is 1. The van der Waals surface area contributed by atoms with Crippen molar-refractivity contribution >= 4 is 11.6 Å². The largest absolute Gasteiger partial charge is 0.353 e. The topological polar surface area (TPSA) is 36.9 Å². The second kappa shape index (κ2) is 25.6. The molecule has 0 amide bonds. The molecule has 0 aliphatic carbocycles. The van der Waals surface area contributed by atoms with Crippen molar-refractivity contribution < 1.29 is 18.9 Å². The molecule has 5 heteroatoms. The Morgan fingerprint density at radius 3 is 1.41 bits per heavy atom. The SMILES string of the molecule is C=CCC(OCC)OCC.C=CCCl.CCOC(C)OCC. The van der Waals surface area contributed by atoms with E-state index in [2.05, 4.69) is 13.2 Å². The average Bonchev–Trinajstić information content (AvgIpc) is 2.49.